The van der Waals surface area contributed by atoms with Gasteiger partial charge in [-0.15, -0.1) is 0 Å². The van der Waals surface area contributed by atoms with Crippen molar-refractivity contribution >= 4 is 11.4 Å². The minimum absolute atomic E-state index is 0.00921. The van der Waals surface area contributed by atoms with Gasteiger partial charge in [0.2, 0.25) is 0 Å². The predicted molar refractivity (Wildman–Crippen MR) is 42.8 cm³/mol. The fourth-order valence-electron chi connectivity index (χ4n) is 0.835. The van der Waals surface area contributed by atoms with Crippen molar-refractivity contribution in [3.05, 3.63) is 23.3 Å². The average Bonchev–Trinajstić information content (AvgIpc) is 2.08. The molecule has 0 atom stereocenters. The summed E-state index contributed by atoms with van der Waals surface area (Å²) in [5, 5.41) is 31.6. The molecule has 2 N–H and O–H groups in total. The normalized spacial score (nSPS) is 15.8. The first-order chi connectivity index (χ1) is 5.70. The Bertz CT molecular complexity index is 360. The van der Waals surface area contributed by atoms with E-state index in [1.807, 2.05) is 0 Å². The Morgan fingerprint density at radius 1 is 0.917 bits per heavy atom. The van der Waals surface area contributed by atoms with Gasteiger partial charge in [0.1, 0.15) is 12.1 Å². The molecular weight excluding hydrogens is 152 g/mol. The van der Waals surface area contributed by atoms with Crippen LogP contribution in [0.1, 0.15) is 0 Å². The first-order valence-electron chi connectivity index (χ1n) is 3.11. The molecule has 0 aromatic rings. The van der Waals surface area contributed by atoms with E-state index in [-0.39, 0.29) is 22.6 Å². The number of hydrogen-bond acceptors (Lipinski definition) is 4. The summed E-state index contributed by atoms with van der Waals surface area (Å²) in [7, 11) is 0. The molecule has 0 bridgehead atoms. The Morgan fingerprint density at radius 2 is 1.25 bits per heavy atom. The number of hydrogen-bond donors (Lipinski definition) is 2. The summed E-state index contributed by atoms with van der Waals surface area (Å²) in [6.45, 7) is 0. The van der Waals surface area contributed by atoms with Crippen molar-refractivity contribution in [1.29, 1.82) is 21.3 Å². The van der Waals surface area contributed by atoms with Crippen LogP contribution in [-0.2, 0) is 0 Å². The van der Waals surface area contributed by atoms with Gasteiger partial charge >= 0.3 is 0 Å². The largest absolute Gasteiger partial charge is 0.299 e. The maximum absolute atomic E-state index is 8.55. The van der Waals surface area contributed by atoms with Crippen LogP contribution < -0.4 is 0 Å². The van der Waals surface area contributed by atoms with Crippen molar-refractivity contribution in [2.24, 2.45) is 0 Å². The van der Waals surface area contributed by atoms with Gasteiger partial charge in [-0.3, -0.25) is 10.8 Å². The Kier molecular flexibility index (Phi) is 1.85. The van der Waals surface area contributed by atoms with E-state index in [2.05, 4.69) is 0 Å². The van der Waals surface area contributed by atoms with Gasteiger partial charge in [-0.05, 0) is 12.2 Å². The smallest absolute Gasteiger partial charge is 0.103 e. The molecule has 0 saturated carbocycles. The molecule has 0 spiro atoms. The Morgan fingerprint density at radius 3 is 1.50 bits per heavy atom. The zero-order chi connectivity index (χ0) is 9.14. The predicted octanol–water partition coefficient (Wildman–Crippen LogP) is 0.939. The van der Waals surface area contributed by atoms with Gasteiger partial charge in [-0.2, -0.15) is 10.5 Å². The lowest BCUT2D eigenvalue weighted by Gasteiger charge is -2.05. The van der Waals surface area contributed by atoms with Crippen molar-refractivity contribution in [2.75, 3.05) is 0 Å². The van der Waals surface area contributed by atoms with E-state index in [1.165, 1.54) is 12.2 Å². The first-order valence-corrected chi connectivity index (χ1v) is 3.11. The molecule has 0 heterocycles. The van der Waals surface area contributed by atoms with Gasteiger partial charge in [0, 0.05) is 0 Å². The van der Waals surface area contributed by atoms with Crippen LogP contribution >= 0.6 is 0 Å². The Hall–Kier alpha value is -2.20. The van der Waals surface area contributed by atoms with Crippen LogP contribution in [0, 0.1) is 33.5 Å². The Balaban J connectivity index is 3.35. The zero-order valence-electron chi connectivity index (χ0n) is 6.05. The second-order valence-electron chi connectivity index (χ2n) is 2.13. The van der Waals surface area contributed by atoms with E-state index in [0.29, 0.717) is 0 Å². The van der Waals surface area contributed by atoms with Crippen LogP contribution in [-0.4, -0.2) is 11.4 Å². The quantitative estimate of drug-likeness (QED) is 0.510. The summed E-state index contributed by atoms with van der Waals surface area (Å²) in [5.41, 5.74) is -0.0647. The minimum atomic E-state index is -0.0231. The molecule has 56 valence electrons. The van der Waals surface area contributed by atoms with Crippen molar-refractivity contribution in [3.63, 3.8) is 0 Å². The van der Waals surface area contributed by atoms with E-state index in [0.717, 1.165) is 0 Å². The fraction of sp³-hybridized carbons (Fsp3) is 0. The SMILES string of the molecule is N#CC1=C(C#N)C(=N)C=CC1=N. The second-order valence-corrected chi connectivity index (χ2v) is 2.13. The highest BCUT2D eigenvalue weighted by Gasteiger charge is 2.16. The minimum Gasteiger partial charge on any atom is -0.299 e. The molecule has 0 radical (unpaired) electrons. The summed E-state index contributed by atoms with van der Waals surface area (Å²) in [6.07, 6.45) is 2.67. The monoisotopic (exact) mass is 156 g/mol. The molecule has 1 aliphatic carbocycles. The molecule has 0 aliphatic heterocycles. The topological polar surface area (TPSA) is 95.3 Å². The number of allylic oxidation sites excluding steroid dienone is 4. The molecular formula is C8H4N4. The zero-order valence-corrected chi connectivity index (χ0v) is 6.05. The second kappa shape index (κ2) is 2.81. The highest BCUT2D eigenvalue weighted by Crippen LogP contribution is 2.12. The molecule has 0 aromatic carbocycles. The Labute approximate surface area is 69.1 Å². The van der Waals surface area contributed by atoms with Crippen molar-refractivity contribution in [3.8, 4) is 12.1 Å². The first kappa shape index (κ1) is 7.90. The highest BCUT2D eigenvalue weighted by atomic mass is 14.5. The third kappa shape index (κ3) is 1.02. The fourth-order valence-corrected chi connectivity index (χ4v) is 0.835. The molecule has 0 fully saturated rings. The van der Waals surface area contributed by atoms with Crippen molar-refractivity contribution in [1.82, 2.24) is 0 Å². The maximum atomic E-state index is 8.55. The van der Waals surface area contributed by atoms with Gasteiger partial charge in [-0.1, -0.05) is 0 Å². The number of nitriles is 2. The third-order valence-corrected chi connectivity index (χ3v) is 1.43. The van der Waals surface area contributed by atoms with E-state index in [9.17, 15) is 0 Å². The van der Waals surface area contributed by atoms with E-state index in [1.54, 1.807) is 12.1 Å². The van der Waals surface area contributed by atoms with Crippen molar-refractivity contribution < 1.29 is 0 Å². The van der Waals surface area contributed by atoms with Crippen LogP contribution in [0.25, 0.3) is 0 Å². The van der Waals surface area contributed by atoms with Crippen LogP contribution in [0.15, 0.2) is 23.3 Å². The van der Waals surface area contributed by atoms with Crippen LogP contribution in [0.3, 0.4) is 0 Å². The average molecular weight is 156 g/mol. The molecule has 1 rings (SSSR count). The van der Waals surface area contributed by atoms with E-state index in [4.69, 9.17) is 21.3 Å². The number of nitrogens with zero attached hydrogens (tertiary/aromatic N) is 2. The summed E-state index contributed by atoms with van der Waals surface area (Å²) >= 11 is 0. The van der Waals surface area contributed by atoms with Crippen LogP contribution in [0.4, 0.5) is 0 Å². The summed E-state index contributed by atoms with van der Waals surface area (Å²) in [6, 6.07) is 3.45. The standard InChI is InChI=1S/C8H4N4/c9-3-5-6(4-10)8(12)2-1-7(5)11/h1-2,11-12H. The summed E-state index contributed by atoms with van der Waals surface area (Å²) in [4.78, 5) is 0. The van der Waals surface area contributed by atoms with Gasteiger partial charge in [0.05, 0.1) is 22.6 Å². The van der Waals surface area contributed by atoms with E-state index >= 15 is 0 Å². The van der Waals surface area contributed by atoms with Gasteiger partial charge in [0.15, 0.2) is 0 Å². The number of rotatable bonds is 0. The molecule has 0 aromatic heterocycles. The summed E-state index contributed by atoms with van der Waals surface area (Å²) in [5.74, 6) is 0. The molecule has 12 heavy (non-hydrogen) atoms. The molecule has 4 heteroatoms. The lowest BCUT2D eigenvalue weighted by molar-refractivity contribution is 1.41. The molecule has 0 amide bonds. The highest BCUT2D eigenvalue weighted by molar-refractivity contribution is 6.25. The molecule has 4 nitrogen and oxygen atoms in total. The van der Waals surface area contributed by atoms with E-state index < -0.39 is 0 Å². The van der Waals surface area contributed by atoms with Crippen LogP contribution in [0.2, 0.25) is 0 Å². The summed E-state index contributed by atoms with van der Waals surface area (Å²) < 4.78 is 0. The van der Waals surface area contributed by atoms with Gasteiger partial charge < -0.3 is 0 Å². The lowest BCUT2D eigenvalue weighted by atomic mass is 9.96. The maximum Gasteiger partial charge on any atom is 0.103 e. The molecule has 0 saturated heterocycles. The molecule has 0 unspecified atom stereocenters. The van der Waals surface area contributed by atoms with Gasteiger partial charge in [-0.25, -0.2) is 0 Å². The third-order valence-electron chi connectivity index (χ3n) is 1.43. The van der Waals surface area contributed by atoms with Gasteiger partial charge in [0.25, 0.3) is 0 Å². The van der Waals surface area contributed by atoms with Crippen LogP contribution in [0.5, 0.6) is 0 Å². The lowest BCUT2D eigenvalue weighted by Crippen LogP contribution is -2.11. The molecule has 1 aliphatic rings. The van der Waals surface area contributed by atoms with Crippen molar-refractivity contribution in [2.45, 2.75) is 0 Å². The number of nitrogens with one attached hydrogen (secondary N) is 2.